The lowest BCUT2D eigenvalue weighted by Crippen LogP contribution is -2.37. The van der Waals surface area contributed by atoms with Gasteiger partial charge in [-0.2, -0.15) is 12.6 Å². The second-order valence-corrected chi connectivity index (χ2v) is 5.18. The first kappa shape index (κ1) is 10.9. The zero-order valence-corrected chi connectivity index (χ0v) is 9.05. The van der Waals surface area contributed by atoms with Gasteiger partial charge in [-0.3, -0.25) is 4.79 Å². The highest BCUT2D eigenvalue weighted by atomic mass is 32.1. The number of carbonyl (C=O) groups excluding carboxylic acids is 1. The maximum atomic E-state index is 11.4. The zero-order valence-electron chi connectivity index (χ0n) is 8.16. The Morgan fingerprint density at radius 2 is 2.31 bits per heavy atom. The Balaban J connectivity index is 2.50. The van der Waals surface area contributed by atoms with E-state index in [2.05, 4.69) is 12.6 Å². The van der Waals surface area contributed by atoms with Crippen LogP contribution in [0.15, 0.2) is 0 Å². The molecule has 13 heavy (non-hydrogen) atoms. The molecule has 3 nitrogen and oxygen atoms in total. The van der Waals surface area contributed by atoms with E-state index < -0.39 is 0 Å². The van der Waals surface area contributed by atoms with Crippen molar-refractivity contribution in [1.29, 1.82) is 0 Å². The number of nitrogens with zero attached hydrogens (tertiary/aromatic N) is 1. The molecule has 0 aliphatic carbocycles. The molecule has 1 N–H and O–H groups in total. The van der Waals surface area contributed by atoms with Crippen molar-refractivity contribution in [2.45, 2.75) is 25.5 Å². The number of hydrogen-bond donors (Lipinski definition) is 2. The fraction of sp³-hybridized carbons (Fsp3) is 0.889. The second kappa shape index (κ2) is 3.88. The highest BCUT2D eigenvalue weighted by Gasteiger charge is 2.31. The first-order valence-electron chi connectivity index (χ1n) is 4.51. The van der Waals surface area contributed by atoms with Crippen LogP contribution < -0.4 is 0 Å². The summed E-state index contributed by atoms with van der Waals surface area (Å²) in [6.45, 7) is 5.34. The Labute approximate surface area is 84.5 Å². The van der Waals surface area contributed by atoms with Gasteiger partial charge in [-0.1, -0.05) is 13.8 Å². The van der Waals surface area contributed by atoms with E-state index in [0.717, 1.165) is 0 Å². The number of hydrogen-bond acceptors (Lipinski definition) is 3. The standard InChI is InChI=1S/C9H17NO2S/c1-9(2,6-11)5-10-4-7(13)3-8(10)12/h7,11,13H,3-6H2,1-2H3. The van der Waals surface area contributed by atoms with Gasteiger partial charge in [0, 0.05) is 36.8 Å². The fourth-order valence-electron chi connectivity index (χ4n) is 1.47. The minimum atomic E-state index is -0.201. The van der Waals surface area contributed by atoms with Crippen molar-refractivity contribution in [3.63, 3.8) is 0 Å². The predicted molar refractivity (Wildman–Crippen MR) is 54.8 cm³/mol. The molecule has 1 rings (SSSR count). The SMILES string of the molecule is CC(C)(CO)CN1CC(S)CC1=O. The molecule has 0 aromatic rings. The number of likely N-dealkylation sites (tertiary alicyclic amines) is 1. The van der Waals surface area contributed by atoms with Crippen LogP contribution in [0.4, 0.5) is 0 Å². The van der Waals surface area contributed by atoms with Crippen LogP contribution in [0.2, 0.25) is 0 Å². The van der Waals surface area contributed by atoms with Gasteiger partial charge in [0.25, 0.3) is 0 Å². The van der Waals surface area contributed by atoms with Crippen LogP contribution in [0.5, 0.6) is 0 Å². The second-order valence-electron chi connectivity index (χ2n) is 4.45. The molecule has 76 valence electrons. The summed E-state index contributed by atoms with van der Waals surface area (Å²) in [5.41, 5.74) is -0.201. The topological polar surface area (TPSA) is 40.5 Å². The van der Waals surface area contributed by atoms with Crippen molar-refractivity contribution in [2.24, 2.45) is 5.41 Å². The van der Waals surface area contributed by atoms with Crippen molar-refractivity contribution in [3.8, 4) is 0 Å². The minimum Gasteiger partial charge on any atom is -0.396 e. The summed E-state index contributed by atoms with van der Waals surface area (Å²) in [7, 11) is 0. The normalized spacial score (nSPS) is 24.2. The van der Waals surface area contributed by atoms with E-state index >= 15 is 0 Å². The number of aliphatic hydroxyl groups is 1. The first-order chi connectivity index (χ1) is 5.94. The maximum absolute atomic E-state index is 11.4. The molecule has 0 aromatic heterocycles. The molecule has 1 atom stereocenters. The Morgan fingerprint density at radius 3 is 2.69 bits per heavy atom. The number of thiol groups is 1. The third-order valence-corrected chi connectivity index (χ3v) is 2.59. The van der Waals surface area contributed by atoms with E-state index in [4.69, 9.17) is 5.11 Å². The summed E-state index contributed by atoms with van der Waals surface area (Å²) < 4.78 is 0. The lowest BCUT2D eigenvalue weighted by molar-refractivity contribution is -0.129. The van der Waals surface area contributed by atoms with Gasteiger partial charge in [-0.25, -0.2) is 0 Å². The van der Waals surface area contributed by atoms with Crippen molar-refractivity contribution < 1.29 is 9.90 Å². The molecule has 1 unspecified atom stereocenters. The van der Waals surface area contributed by atoms with E-state index in [0.29, 0.717) is 19.5 Å². The smallest absolute Gasteiger partial charge is 0.223 e. The Kier molecular flexibility index (Phi) is 3.24. The average molecular weight is 203 g/mol. The molecule has 0 radical (unpaired) electrons. The van der Waals surface area contributed by atoms with Crippen LogP contribution in [-0.2, 0) is 4.79 Å². The molecule has 0 aromatic carbocycles. The number of amides is 1. The third-order valence-electron chi connectivity index (χ3n) is 2.24. The highest BCUT2D eigenvalue weighted by Crippen LogP contribution is 2.22. The van der Waals surface area contributed by atoms with Crippen molar-refractivity contribution in [3.05, 3.63) is 0 Å². The highest BCUT2D eigenvalue weighted by molar-refractivity contribution is 7.81. The molecular weight excluding hydrogens is 186 g/mol. The Bertz CT molecular complexity index is 206. The van der Waals surface area contributed by atoms with E-state index in [-0.39, 0.29) is 23.2 Å². The van der Waals surface area contributed by atoms with Crippen molar-refractivity contribution in [1.82, 2.24) is 4.90 Å². The van der Waals surface area contributed by atoms with Crippen molar-refractivity contribution in [2.75, 3.05) is 19.7 Å². The van der Waals surface area contributed by atoms with E-state index in [1.54, 1.807) is 4.90 Å². The first-order valence-corrected chi connectivity index (χ1v) is 5.03. The van der Waals surface area contributed by atoms with Gasteiger partial charge in [-0.15, -0.1) is 0 Å². The van der Waals surface area contributed by atoms with Crippen molar-refractivity contribution >= 4 is 18.5 Å². The molecule has 0 bridgehead atoms. The van der Waals surface area contributed by atoms with Crippen LogP contribution >= 0.6 is 12.6 Å². The number of carbonyl (C=O) groups is 1. The van der Waals surface area contributed by atoms with Gasteiger partial charge in [-0.05, 0) is 0 Å². The summed E-state index contributed by atoms with van der Waals surface area (Å²) >= 11 is 4.26. The van der Waals surface area contributed by atoms with Crippen LogP contribution in [0.1, 0.15) is 20.3 Å². The minimum absolute atomic E-state index is 0.105. The van der Waals surface area contributed by atoms with Gasteiger partial charge in [0.05, 0.1) is 0 Å². The lowest BCUT2D eigenvalue weighted by atomic mass is 9.94. The average Bonchev–Trinajstić information content (AvgIpc) is 2.30. The van der Waals surface area contributed by atoms with Crippen LogP contribution in [0.3, 0.4) is 0 Å². The molecule has 1 amide bonds. The summed E-state index contributed by atoms with van der Waals surface area (Å²) in [5, 5.41) is 9.22. The zero-order chi connectivity index (χ0) is 10.1. The van der Waals surface area contributed by atoms with Crippen LogP contribution in [-0.4, -0.2) is 40.9 Å². The quantitative estimate of drug-likeness (QED) is 0.657. The molecule has 0 saturated carbocycles. The Morgan fingerprint density at radius 1 is 1.69 bits per heavy atom. The van der Waals surface area contributed by atoms with E-state index in [1.165, 1.54) is 0 Å². The van der Waals surface area contributed by atoms with E-state index in [9.17, 15) is 4.79 Å². The number of aliphatic hydroxyl groups excluding tert-OH is 1. The molecule has 1 fully saturated rings. The van der Waals surface area contributed by atoms with E-state index in [1.807, 2.05) is 13.8 Å². The monoisotopic (exact) mass is 203 g/mol. The summed E-state index contributed by atoms with van der Waals surface area (Å²) in [4.78, 5) is 13.2. The fourth-order valence-corrected chi connectivity index (χ4v) is 1.82. The van der Waals surface area contributed by atoms with Gasteiger partial charge < -0.3 is 10.0 Å². The summed E-state index contributed by atoms with van der Waals surface area (Å²) in [5.74, 6) is 0.154. The van der Waals surface area contributed by atoms with Gasteiger partial charge >= 0.3 is 0 Å². The number of rotatable bonds is 3. The largest absolute Gasteiger partial charge is 0.396 e. The summed E-state index contributed by atoms with van der Waals surface area (Å²) in [6, 6.07) is 0. The third kappa shape index (κ3) is 2.88. The molecule has 1 aliphatic rings. The van der Waals surface area contributed by atoms with Crippen LogP contribution in [0, 0.1) is 5.41 Å². The summed E-state index contributed by atoms with van der Waals surface area (Å²) in [6.07, 6.45) is 0.532. The Hall–Kier alpha value is -0.220. The predicted octanol–water partition coefficient (Wildman–Crippen LogP) is 0.536. The molecule has 4 heteroatoms. The van der Waals surface area contributed by atoms with Gasteiger partial charge in [0.2, 0.25) is 5.91 Å². The van der Waals surface area contributed by atoms with Gasteiger partial charge in [0.15, 0.2) is 0 Å². The van der Waals surface area contributed by atoms with Gasteiger partial charge in [0.1, 0.15) is 0 Å². The van der Waals surface area contributed by atoms with Crippen LogP contribution in [0.25, 0.3) is 0 Å². The molecular formula is C9H17NO2S. The maximum Gasteiger partial charge on any atom is 0.223 e. The molecule has 1 aliphatic heterocycles. The molecule has 1 heterocycles. The molecule has 0 spiro atoms. The molecule has 1 saturated heterocycles. The lowest BCUT2D eigenvalue weighted by Gasteiger charge is -2.28.